The van der Waals surface area contributed by atoms with Gasteiger partial charge >= 0.3 is 0 Å². The summed E-state index contributed by atoms with van der Waals surface area (Å²) >= 11 is 0. The highest BCUT2D eigenvalue weighted by molar-refractivity contribution is 6.03. The Bertz CT molecular complexity index is 1270. The predicted octanol–water partition coefficient (Wildman–Crippen LogP) is 4.14. The molecule has 0 spiro atoms. The van der Waals surface area contributed by atoms with Crippen LogP contribution in [0.2, 0.25) is 0 Å². The lowest BCUT2D eigenvalue weighted by Gasteiger charge is -2.12. The second kappa shape index (κ2) is 8.89. The van der Waals surface area contributed by atoms with E-state index >= 15 is 0 Å². The van der Waals surface area contributed by atoms with E-state index in [1.165, 1.54) is 0 Å². The number of allylic oxidation sites excluding steroid dienone is 3. The van der Waals surface area contributed by atoms with E-state index in [1.54, 1.807) is 6.08 Å². The zero-order valence-electron chi connectivity index (χ0n) is 15.9. The Morgan fingerprint density at radius 1 is 0.833 bits per heavy atom. The van der Waals surface area contributed by atoms with Crippen molar-refractivity contribution in [3.63, 3.8) is 0 Å². The molecule has 4 N–H and O–H groups in total. The Kier molecular flexibility index (Phi) is 5.89. The fourth-order valence-electron chi connectivity index (χ4n) is 2.96. The smallest absolute Gasteiger partial charge is 0.144 e. The summed E-state index contributed by atoms with van der Waals surface area (Å²) in [6.45, 7) is 0. The summed E-state index contributed by atoms with van der Waals surface area (Å²) < 4.78 is 0. The lowest BCUT2D eigenvalue weighted by molar-refractivity contribution is 1.25. The number of nitriles is 3. The molecule has 0 radical (unpaired) electrons. The molecular weight excluding hydrogens is 372 g/mol. The molecule has 3 rings (SSSR count). The summed E-state index contributed by atoms with van der Waals surface area (Å²) in [5, 5.41) is 28.9. The highest BCUT2D eigenvalue weighted by Gasteiger charge is 2.21. The maximum atomic E-state index is 10.00. The number of hydrogen-bond donors (Lipinski definition) is 2. The van der Waals surface area contributed by atoms with E-state index < -0.39 is 0 Å². The summed E-state index contributed by atoms with van der Waals surface area (Å²) in [5.41, 5.74) is 14.1. The number of benzene rings is 2. The van der Waals surface area contributed by atoms with Gasteiger partial charge in [0.05, 0.1) is 11.3 Å². The second-order valence-corrected chi connectivity index (χ2v) is 6.24. The Hall–Kier alpha value is -4.86. The van der Waals surface area contributed by atoms with Crippen molar-refractivity contribution in [3.8, 4) is 18.2 Å². The van der Waals surface area contributed by atoms with E-state index in [2.05, 4.69) is 11.1 Å². The van der Waals surface area contributed by atoms with E-state index in [-0.39, 0.29) is 33.9 Å². The molecule has 0 fully saturated rings. The van der Waals surface area contributed by atoms with E-state index in [1.807, 2.05) is 78.9 Å². The normalized spacial score (nSPS) is 11.2. The maximum Gasteiger partial charge on any atom is 0.144 e. The Morgan fingerprint density at radius 3 is 2.00 bits per heavy atom. The van der Waals surface area contributed by atoms with Crippen LogP contribution in [0, 0.1) is 34.0 Å². The molecule has 1 aromatic heterocycles. The Morgan fingerprint density at radius 2 is 1.43 bits per heavy atom. The lowest BCUT2D eigenvalue weighted by Crippen LogP contribution is -2.08. The van der Waals surface area contributed by atoms with Crippen LogP contribution in [0.4, 0.5) is 11.5 Å². The van der Waals surface area contributed by atoms with Crippen molar-refractivity contribution >= 4 is 28.7 Å². The quantitative estimate of drug-likeness (QED) is 0.509. The molecule has 0 unspecified atom stereocenters. The summed E-state index contributed by atoms with van der Waals surface area (Å²) in [7, 11) is 0. The number of nitrogens with zero attached hydrogens (tertiary/aromatic N) is 4. The van der Waals surface area contributed by atoms with Gasteiger partial charge in [-0.05, 0) is 11.1 Å². The molecule has 2 aromatic carbocycles. The van der Waals surface area contributed by atoms with Crippen molar-refractivity contribution in [3.05, 3.63) is 94.7 Å². The fraction of sp³-hybridized carbons (Fsp3) is 0. The Labute approximate surface area is 174 Å². The van der Waals surface area contributed by atoms with Crippen LogP contribution < -0.4 is 11.5 Å². The van der Waals surface area contributed by atoms with Gasteiger partial charge in [-0.2, -0.15) is 15.8 Å². The van der Waals surface area contributed by atoms with Crippen LogP contribution in [0.15, 0.2) is 66.7 Å². The average molecular weight is 388 g/mol. The number of nitrogen functional groups attached to an aromatic ring is 2. The van der Waals surface area contributed by atoms with Crippen LogP contribution in [-0.4, -0.2) is 4.98 Å². The molecule has 6 heteroatoms. The highest BCUT2D eigenvalue weighted by Crippen LogP contribution is 2.33. The molecule has 142 valence electrons. The van der Waals surface area contributed by atoms with Crippen molar-refractivity contribution in [2.24, 2.45) is 0 Å². The highest BCUT2D eigenvalue weighted by atomic mass is 14.9. The van der Waals surface area contributed by atoms with Crippen LogP contribution >= 0.6 is 0 Å². The SMILES string of the molecule is N#CC(=C(C=Cc1ccccc1)c1ccccc1)c1nc(N)c(C#N)c(N)c1C#N. The molecule has 0 bridgehead atoms. The van der Waals surface area contributed by atoms with E-state index in [9.17, 15) is 15.8 Å². The fourth-order valence-corrected chi connectivity index (χ4v) is 2.96. The number of anilines is 2. The molecule has 3 aromatic rings. The van der Waals surface area contributed by atoms with Gasteiger partial charge in [0.1, 0.15) is 40.8 Å². The third-order valence-corrected chi connectivity index (χ3v) is 4.43. The van der Waals surface area contributed by atoms with Gasteiger partial charge in [-0.1, -0.05) is 72.8 Å². The van der Waals surface area contributed by atoms with Crippen molar-refractivity contribution in [2.75, 3.05) is 11.5 Å². The first-order valence-corrected chi connectivity index (χ1v) is 8.93. The summed E-state index contributed by atoms with van der Waals surface area (Å²) in [6.07, 6.45) is 3.65. The molecule has 6 nitrogen and oxygen atoms in total. The first-order chi connectivity index (χ1) is 14.6. The molecule has 0 aliphatic rings. The molecule has 0 atom stereocenters. The first-order valence-electron chi connectivity index (χ1n) is 8.93. The zero-order chi connectivity index (χ0) is 21.5. The minimum atomic E-state index is -0.129. The van der Waals surface area contributed by atoms with Crippen LogP contribution in [-0.2, 0) is 0 Å². The van der Waals surface area contributed by atoms with E-state index in [4.69, 9.17) is 11.5 Å². The molecule has 0 aliphatic heterocycles. The van der Waals surface area contributed by atoms with Gasteiger partial charge in [0.15, 0.2) is 0 Å². The number of rotatable bonds is 4. The third kappa shape index (κ3) is 3.87. The van der Waals surface area contributed by atoms with Crippen LogP contribution in [0.25, 0.3) is 17.2 Å². The van der Waals surface area contributed by atoms with Gasteiger partial charge in [0.25, 0.3) is 0 Å². The van der Waals surface area contributed by atoms with Gasteiger partial charge in [-0.25, -0.2) is 4.98 Å². The monoisotopic (exact) mass is 388 g/mol. The average Bonchev–Trinajstić information content (AvgIpc) is 2.78. The maximum absolute atomic E-state index is 10.00. The largest absolute Gasteiger partial charge is 0.396 e. The number of aromatic nitrogens is 1. The molecule has 1 heterocycles. The topological polar surface area (TPSA) is 136 Å². The number of nitrogens with two attached hydrogens (primary N) is 2. The summed E-state index contributed by atoms with van der Waals surface area (Å²) in [5.74, 6) is -0.129. The van der Waals surface area contributed by atoms with Crippen molar-refractivity contribution in [1.82, 2.24) is 4.98 Å². The molecule has 30 heavy (non-hydrogen) atoms. The van der Waals surface area contributed by atoms with Gasteiger partial charge in [-0.3, -0.25) is 0 Å². The van der Waals surface area contributed by atoms with E-state index in [0.29, 0.717) is 5.57 Å². The van der Waals surface area contributed by atoms with Crippen LogP contribution in [0.5, 0.6) is 0 Å². The summed E-state index contributed by atoms with van der Waals surface area (Å²) in [4.78, 5) is 4.19. The third-order valence-electron chi connectivity index (χ3n) is 4.43. The molecule has 0 aliphatic carbocycles. The van der Waals surface area contributed by atoms with Crippen LogP contribution in [0.1, 0.15) is 27.9 Å². The molecule has 0 amide bonds. The lowest BCUT2D eigenvalue weighted by atomic mass is 9.94. The van der Waals surface area contributed by atoms with Gasteiger partial charge in [0.2, 0.25) is 0 Å². The van der Waals surface area contributed by atoms with Gasteiger partial charge < -0.3 is 11.5 Å². The summed E-state index contributed by atoms with van der Waals surface area (Å²) in [6, 6.07) is 24.8. The Balaban J connectivity index is 2.33. The minimum Gasteiger partial charge on any atom is -0.396 e. The van der Waals surface area contributed by atoms with Gasteiger partial charge in [0, 0.05) is 5.57 Å². The second-order valence-electron chi connectivity index (χ2n) is 6.24. The number of hydrogen-bond acceptors (Lipinski definition) is 6. The van der Waals surface area contributed by atoms with E-state index in [0.717, 1.165) is 11.1 Å². The van der Waals surface area contributed by atoms with Crippen molar-refractivity contribution < 1.29 is 0 Å². The van der Waals surface area contributed by atoms with Crippen molar-refractivity contribution in [1.29, 1.82) is 15.8 Å². The van der Waals surface area contributed by atoms with Crippen molar-refractivity contribution in [2.45, 2.75) is 0 Å². The molecule has 0 saturated heterocycles. The number of pyridine rings is 1. The minimum absolute atomic E-state index is 0.0468. The van der Waals surface area contributed by atoms with Crippen LogP contribution in [0.3, 0.4) is 0 Å². The van der Waals surface area contributed by atoms with Gasteiger partial charge in [-0.15, -0.1) is 0 Å². The standard InChI is InChI=1S/C24H16N6/c25-13-19(23-20(14-26)22(28)21(15-27)24(29)30-23)18(17-9-5-2-6-10-17)12-11-16-7-3-1-4-8-16/h1-12H,(H4,28,29,30). The molecule has 0 saturated carbocycles. The zero-order valence-corrected chi connectivity index (χ0v) is 15.9. The predicted molar refractivity (Wildman–Crippen MR) is 117 cm³/mol. The first kappa shape index (κ1) is 19.9. The molecular formula is C24H16N6.